The van der Waals surface area contributed by atoms with Crippen LogP contribution in [0.1, 0.15) is 37.7 Å². The molecule has 1 atom stereocenters. The van der Waals surface area contributed by atoms with E-state index in [2.05, 4.69) is 23.0 Å². The molecule has 0 bridgehead atoms. The molecule has 2 rings (SSSR count). The molecular formula is C18H25NO2. The van der Waals surface area contributed by atoms with Crippen LogP contribution in [0.4, 0.5) is 0 Å². The average molecular weight is 287 g/mol. The number of likely N-dealkylation sites (tertiary alicyclic amines) is 1. The van der Waals surface area contributed by atoms with Gasteiger partial charge in [-0.15, -0.1) is 12.3 Å². The first-order valence-corrected chi connectivity index (χ1v) is 7.83. The molecule has 1 fully saturated rings. The zero-order valence-electron chi connectivity index (χ0n) is 12.6. The van der Waals surface area contributed by atoms with E-state index in [0.717, 1.165) is 31.7 Å². The molecule has 1 unspecified atom stereocenters. The highest BCUT2D eigenvalue weighted by Crippen LogP contribution is 2.24. The minimum Gasteiger partial charge on any atom is -0.493 e. The quantitative estimate of drug-likeness (QED) is 0.589. The lowest BCUT2D eigenvalue weighted by atomic mass is 10.1. The smallest absolute Gasteiger partial charge is 0.119 e. The highest BCUT2D eigenvalue weighted by atomic mass is 16.5. The van der Waals surface area contributed by atoms with Crippen molar-refractivity contribution in [1.29, 1.82) is 0 Å². The molecule has 0 spiro atoms. The SMILES string of the molecule is C#CCCOc1ccc(CN2CCCC2CCCO)cc1. The van der Waals surface area contributed by atoms with Crippen LogP contribution >= 0.6 is 0 Å². The van der Waals surface area contributed by atoms with E-state index in [4.69, 9.17) is 16.3 Å². The highest BCUT2D eigenvalue weighted by Gasteiger charge is 2.23. The van der Waals surface area contributed by atoms with E-state index in [-0.39, 0.29) is 0 Å². The van der Waals surface area contributed by atoms with Gasteiger partial charge in [0.15, 0.2) is 0 Å². The number of aliphatic hydroxyl groups is 1. The van der Waals surface area contributed by atoms with Gasteiger partial charge in [-0.05, 0) is 49.9 Å². The number of nitrogens with zero attached hydrogens (tertiary/aromatic N) is 1. The molecule has 1 aromatic rings. The first kappa shape index (κ1) is 15.9. The van der Waals surface area contributed by atoms with Gasteiger partial charge < -0.3 is 9.84 Å². The van der Waals surface area contributed by atoms with Gasteiger partial charge in [0.2, 0.25) is 0 Å². The molecule has 0 saturated carbocycles. The maximum atomic E-state index is 8.98. The predicted molar refractivity (Wildman–Crippen MR) is 85.1 cm³/mol. The minimum absolute atomic E-state index is 0.300. The van der Waals surface area contributed by atoms with Gasteiger partial charge in [0.05, 0.1) is 6.61 Å². The Morgan fingerprint density at radius 1 is 1.33 bits per heavy atom. The standard InChI is InChI=1S/C18H25NO2/c1-2-3-14-21-18-10-8-16(9-11-18)15-19-12-4-6-17(19)7-5-13-20/h1,8-11,17,20H,3-7,12-15H2. The molecule has 0 aromatic heterocycles. The Bertz CT molecular complexity index is 449. The molecule has 114 valence electrons. The fraction of sp³-hybridized carbons (Fsp3) is 0.556. The van der Waals surface area contributed by atoms with Gasteiger partial charge in [-0.3, -0.25) is 4.90 Å². The van der Waals surface area contributed by atoms with Gasteiger partial charge in [-0.2, -0.15) is 0 Å². The van der Waals surface area contributed by atoms with Crippen molar-refractivity contribution in [3.05, 3.63) is 29.8 Å². The molecule has 1 aliphatic heterocycles. The molecule has 0 amide bonds. The summed E-state index contributed by atoms with van der Waals surface area (Å²) in [6, 6.07) is 8.93. The second-order valence-electron chi connectivity index (χ2n) is 5.58. The van der Waals surface area contributed by atoms with Crippen molar-refractivity contribution in [2.75, 3.05) is 19.8 Å². The summed E-state index contributed by atoms with van der Waals surface area (Å²) < 4.78 is 5.56. The first-order valence-electron chi connectivity index (χ1n) is 7.83. The fourth-order valence-corrected chi connectivity index (χ4v) is 2.91. The maximum absolute atomic E-state index is 8.98. The second kappa shape index (κ2) is 8.71. The monoisotopic (exact) mass is 287 g/mol. The topological polar surface area (TPSA) is 32.7 Å². The Morgan fingerprint density at radius 3 is 2.86 bits per heavy atom. The maximum Gasteiger partial charge on any atom is 0.119 e. The summed E-state index contributed by atoms with van der Waals surface area (Å²) >= 11 is 0. The average Bonchev–Trinajstić information content (AvgIpc) is 2.94. The van der Waals surface area contributed by atoms with Crippen LogP contribution in [0, 0.1) is 12.3 Å². The van der Waals surface area contributed by atoms with Crippen molar-refractivity contribution in [2.24, 2.45) is 0 Å². The Kier molecular flexibility index (Phi) is 6.59. The van der Waals surface area contributed by atoms with Gasteiger partial charge in [-0.1, -0.05) is 12.1 Å². The summed E-state index contributed by atoms with van der Waals surface area (Å²) in [7, 11) is 0. The predicted octanol–water partition coefficient (Wildman–Crippen LogP) is 2.83. The van der Waals surface area contributed by atoms with Gasteiger partial charge in [0.25, 0.3) is 0 Å². The second-order valence-corrected chi connectivity index (χ2v) is 5.58. The lowest BCUT2D eigenvalue weighted by Crippen LogP contribution is -2.29. The Balaban J connectivity index is 1.83. The fourth-order valence-electron chi connectivity index (χ4n) is 2.91. The lowest BCUT2D eigenvalue weighted by molar-refractivity contribution is 0.210. The lowest BCUT2D eigenvalue weighted by Gasteiger charge is -2.24. The van der Waals surface area contributed by atoms with E-state index in [1.54, 1.807) is 0 Å². The zero-order valence-corrected chi connectivity index (χ0v) is 12.6. The molecule has 0 aliphatic carbocycles. The number of terminal acetylenes is 1. The summed E-state index contributed by atoms with van der Waals surface area (Å²) in [6.07, 6.45) is 10.4. The Morgan fingerprint density at radius 2 is 2.14 bits per heavy atom. The Hall–Kier alpha value is -1.50. The van der Waals surface area contributed by atoms with Crippen LogP contribution in [-0.4, -0.2) is 35.8 Å². The highest BCUT2D eigenvalue weighted by molar-refractivity contribution is 5.27. The van der Waals surface area contributed by atoms with Crippen LogP contribution < -0.4 is 4.74 Å². The van der Waals surface area contributed by atoms with Crippen molar-refractivity contribution < 1.29 is 9.84 Å². The summed E-state index contributed by atoms with van der Waals surface area (Å²) in [5, 5.41) is 8.98. The van der Waals surface area contributed by atoms with E-state index in [1.165, 1.54) is 18.4 Å². The minimum atomic E-state index is 0.300. The van der Waals surface area contributed by atoms with E-state index in [9.17, 15) is 0 Å². The summed E-state index contributed by atoms with van der Waals surface area (Å²) in [6.45, 7) is 3.02. The van der Waals surface area contributed by atoms with Crippen LogP contribution in [0.3, 0.4) is 0 Å². The van der Waals surface area contributed by atoms with Gasteiger partial charge in [-0.25, -0.2) is 0 Å². The number of benzene rings is 1. The van der Waals surface area contributed by atoms with Crippen molar-refractivity contribution in [2.45, 2.75) is 44.7 Å². The number of hydrogen-bond donors (Lipinski definition) is 1. The van der Waals surface area contributed by atoms with Gasteiger partial charge in [0.1, 0.15) is 5.75 Å². The summed E-state index contributed by atoms with van der Waals surface area (Å²) in [4.78, 5) is 2.53. The third-order valence-electron chi connectivity index (χ3n) is 4.02. The van der Waals surface area contributed by atoms with Crippen LogP contribution in [0.5, 0.6) is 5.75 Å². The summed E-state index contributed by atoms with van der Waals surface area (Å²) in [5.41, 5.74) is 1.31. The Labute approximate surface area is 127 Å². The molecule has 3 nitrogen and oxygen atoms in total. The third kappa shape index (κ3) is 5.08. The van der Waals surface area contributed by atoms with E-state index < -0.39 is 0 Å². The van der Waals surface area contributed by atoms with Crippen LogP contribution in [0.2, 0.25) is 0 Å². The molecule has 21 heavy (non-hydrogen) atoms. The van der Waals surface area contributed by atoms with Crippen molar-refractivity contribution >= 4 is 0 Å². The molecule has 3 heteroatoms. The molecule has 1 heterocycles. The molecule has 1 N–H and O–H groups in total. The third-order valence-corrected chi connectivity index (χ3v) is 4.02. The molecule has 1 aromatic carbocycles. The van der Waals surface area contributed by atoms with Gasteiger partial charge >= 0.3 is 0 Å². The molecule has 0 radical (unpaired) electrons. The van der Waals surface area contributed by atoms with Gasteiger partial charge in [0, 0.05) is 25.6 Å². The molecule has 1 aliphatic rings. The van der Waals surface area contributed by atoms with Crippen LogP contribution in [-0.2, 0) is 6.54 Å². The number of ether oxygens (including phenoxy) is 1. The van der Waals surface area contributed by atoms with Crippen LogP contribution in [0.15, 0.2) is 24.3 Å². The molecule has 1 saturated heterocycles. The number of aliphatic hydroxyl groups excluding tert-OH is 1. The molecular weight excluding hydrogens is 262 g/mol. The van der Waals surface area contributed by atoms with Crippen molar-refractivity contribution in [3.8, 4) is 18.1 Å². The zero-order chi connectivity index (χ0) is 14.9. The van der Waals surface area contributed by atoms with E-state index in [1.807, 2.05) is 12.1 Å². The number of hydrogen-bond acceptors (Lipinski definition) is 3. The van der Waals surface area contributed by atoms with Crippen molar-refractivity contribution in [1.82, 2.24) is 4.90 Å². The van der Waals surface area contributed by atoms with E-state index >= 15 is 0 Å². The largest absolute Gasteiger partial charge is 0.493 e. The first-order chi connectivity index (χ1) is 10.3. The van der Waals surface area contributed by atoms with Crippen LogP contribution in [0.25, 0.3) is 0 Å². The van der Waals surface area contributed by atoms with E-state index in [0.29, 0.717) is 25.7 Å². The number of rotatable bonds is 8. The summed E-state index contributed by atoms with van der Waals surface area (Å²) in [5.74, 6) is 3.45. The normalized spacial score (nSPS) is 18.6. The van der Waals surface area contributed by atoms with Crippen molar-refractivity contribution in [3.63, 3.8) is 0 Å².